The van der Waals surface area contributed by atoms with E-state index in [-0.39, 0.29) is 5.41 Å². The van der Waals surface area contributed by atoms with Crippen LogP contribution in [0.15, 0.2) is 0 Å². The van der Waals surface area contributed by atoms with Crippen molar-refractivity contribution in [2.75, 3.05) is 20.8 Å². The van der Waals surface area contributed by atoms with Crippen molar-refractivity contribution in [3.8, 4) is 0 Å². The summed E-state index contributed by atoms with van der Waals surface area (Å²) in [6.45, 7) is 7.38. The lowest BCUT2D eigenvalue weighted by atomic mass is 9.87. The van der Waals surface area contributed by atoms with Crippen molar-refractivity contribution < 1.29 is 4.74 Å². The number of ether oxygens (including phenoxy) is 1. The van der Waals surface area contributed by atoms with Gasteiger partial charge in [0.25, 0.3) is 0 Å². The Labute approximate surface area is 64.0 Å². The Bertz CT molecular complexity index is 85.7. The van der Waals surface area contributed by atoms with Crippen molar-refractivity contribution in [3.05, 3.63) is 0 Å². The number of likely N-dealkylation sites (N-methyl/N-ethyl adjacent to an activating group) is 1. The van der Waals surface area contributed by atoms with E-state index in [2.05, 4.69) is 26.1 Å². The number of nitrogens with one attached hydrogen (secondary N) is 1. The van der Waals surface area contributed by atoms with Crippen LogP contribution in [0.3, 0.4) is 0 Å². The van der Waals surface area contributed by atoms with Gasteiger partial charge in [-0.2, -0.15) is 0 Å². The van der Waals surface area contributed by atoms with E-state index >= 15 is 0 Å². The monoisotopic (exact) mass is 145 g/mol. The van der Waals surface area contributed by atoms with Gasteiger partial charge in [0.2, 0.25) is 0 Å². The molecule has 0 aliphatic rings. The molecule has 0 radical (unpaired) electrons. The minimum absolute atomic E-state index is 0.282. The van der Waals surface area contributed by atoms with Gasteiger partial charge in [0.15, 0.2) is 0 Å². The highest BCUT2D eigenvalue weighted by Gasteiger charge is 2.22. The number of hydrogen-bond donors (Lipinski definition) is 1. The second-order valence-electron chi connectivity index (χ2n) is 3.66. The number of rotatable bonds is 3. The molecule has 0 aromatic heterocycles. The van der Waals surface area contributed by atoms with Crippen LogP contribution in [0.5, 0.6) is 0 Å². The summed E-state index contributed by atoms with van der Waals surface area (Å²) in [5.74, 6) is 0. The van der Waals surface area contributed by atoms with E-state index in [4.69, 9.17) is 4.74 Å². The summed E-state index contributed by atoms with van der Waals surface area (Å²) in [4.78, 5) is 0. The third kappa shape index (κ3) is 3.18. The van der Waals surface area contributed by atoms with Crippen LogP contribution in [0.4, 0.5) is 0 Å². The molecule has 0 bridgehead atoms. The maximum absolute atomic E-state index is 5.06. The highest BCUT2D eigenvalue weighted by Crippen LogP contribution is 2.18. The molecule has 2 heteroatoms. The van der Waals surface area contributed by atoms with E-state index < -0.39 is 0 Å². The van der Waals surface area contributed by atoms with Crippen molar-refractivity contribution in [1.82, 2.24) is 5.32 Å². The lowest BCUT2D eigenvalue weighted by Gasteiger charge is -2.29. The van der Waals surface area contributed by atoms with Gasteiger partial charge in [0.05, 0.1) is 6.61 Å². The van der Waals surface area contributed by atoms with Gasteiger partial charge in [-0.1, -0.05) is 20.8 Å². The summed E-state index contributed by atoms with van der Waals surface area (Å²) in [6, 6.07) is 0.442. The van der Waals surface area contributed by atoms with Crippen LogP contribution in [0.2, 0.25) is 0 Å². The quantitative estimate of drug-likeness (QED) is 0.645. The Morgan fingerprint density at radius 3 is 2.00 bits per heavy atom. The largest absolute Gasteiger partial charge is 0.383 e. The molecule has 1 N–H and O–H groups in total. The molecule has 1 atom stereocenters. The highest BCUT2D eigenvalue weighted by atomic mass is 16.5. The zero-order chi connectivity index (χ0) is 8.20. The van der Waals surface area contributed by atoms with Crippen LogP contribution >= 0.6 is 0 Å². The van der Waals surface area contributed by atoms with Crippen LogP contribution in [0, 0.1) is 5.41 Å². The van der Waals surface area contributed by atoms with Gasteiger partial charge in [-0.3, -0.25) is 0 Å². The van der Waals surface area contributed by atoms with Crippen molar-refractivity contribution in [2.24, 2.45) is 5.41 Å². The average Bonchev–Trinajstić information content (AvgIpc) is 1.80. The predicted molar refractivity (Wildman–Crippen MR) is 44.2 cm³/mol. The molecule has 62 valence electrons. The Hall–Kier alpha value is -0.0800. The SMILES string of the molecule is CNC(COC)C(C)(C)C. The van der Waals surface area contributed by atoms with Crippen LogP contribution < -0.4 is 5.32 Å². The standard InChI is InChI=1S/C8H19NO/c1-8(2,3)7(9-4)6-10-5/h7,9H,6H2,1-5H3. The predicted octanol–water partition coefficient (Wildman–Crippen LogP) is 1.27. The molecule has 0 fully saturated rings. The minimum Gasteiger partial charge on any atom is -0.383 e. The van der Waals surface area contributed by atoms with Gasteiger partial charge in [-0.15, -0.1) is 0 Å². The molecule has 0 saturated carbocycles. The van der Waals surface area contributed by atoms with Crippen LogP contribution in [0.25, 0.3) is 0 Å². The van der Waals surface area contributed by atoms with Crippen LogP contribution in [-0.4, -0.2) is 26.8 Å². The first-order valence-electron chi connectivity index (χ1n) is 3.68. The average molecular weight is 145 g/mol. The van der Waals surface area contributed by atoms with Crippen molar-refractivity contribution in [2.45, 2.75) is 26.8 Å². The van der Waals surface area contributed by atoms with Gasteiger partial charge >= 0.3 is 0 Å². The maximum Gasteiger partial charge on any atom is 0.0620 e. The fourth-order valence-electron chi connectivity index (χ4n) is 0.933. The molecule has 0 spiro atoms. The van der Waals surface area contributed by atoms with E-state index in [1.807, 2.05) is 7.05 Å². The van der Waals surface area contributed by atoms with E-state index in [9.17, 15) is 0 Å². The maximum atomic E-state index is 5.06. The van der Waals surface area contributed by atoms with Crippen molar-refractivity contribution in [1.29, 1.82) is 0 Å². The highest BCUT2D eigenvalue weighted by molar-refractivity contribution is 4.78. The number of hydrogen-bond acceptors (Lipinski definition) is 2. The molecule has 0 aromatic carbocycles. The Morgan fingerprint density at radius 2 is 1.90 bits per heavy atom. The molecule has 0 saturated heterocycles. The molecular formula is C8H19NO. The molecular weight excluding hydrogens is 126 g/mol. The van der Waals surface area contributed by atoms with Gasteiger partial charge in [0.1, 0.15) is 0 Å². The summed E-state index contributed by atoms with van der Waals surface area (Å²) >= 11 is 0. The minimum atomic E-state index is 0.282. The Kier molecular flexibility index (Phi) is 3.91. The summed E-state index contributed by atoms with van der Waals surface area (Å²) in [7, 11) is 3.70. The summed E-state index contributed by atoms with van der Waals surface area (Å²) in [6.07, 6.45) is 0. The van der Waals surface area contributed by atoms with E-state index in [0.717, 1.165) is 6.61 Å². The first-order chi connectivity index (χ1) is 4.52. The molecule has 0 aromatic rings. The fourth-order valence-corrected chi connectivity index (χ4v) is 0.933. The van der Waals surface area contributed by atoms with Crippen molar-refractivity contribution >= 4 is 0 Å². The second-order valence-corrected chi connectivity index (χ2v) is 3.66. The van der Waals surface area contributed by atoms with Gasteiger partial charge < -0.3 is 10.1 Å². The molecule has 0 rings (SSSR count). The van der Waals surface area contributed by atoms with E-state index in [1.54, 1.807) is 7.11 Å². The molecule has 1 unspecified atom stereocenters. The first kappa shape index (κ1) is 9.92. The number of methoxy groups -OCH3 is 1. The molecule has 0 heterocycles. The van der Waals surface area contributed by atoms with Crippen LogP contribution in [0.1, 0.15) is 20.8 Å². The second kappa shape index (κ2) is 3.94. The third-order valence-corrected chi connectivity index (χ3v) is 1.73. The molecule has 2 nitrogen and oxygen atoms in total. The lowest BCUT2D eigenvalue weighted by Crippen LogP contribution is -2.41. The molecule has 0 amide bonds. The van der Waals surface area contributed by atoms with Gasteiger partial charge in [-0.25, -0.2) is 0 Å². The molecule has 10 heavy (non-hydrogen) atoms. The van der Waals surface area contributed by atoms with Crippen LogP contribution in [-0.2, 0) is 4.74 Å². The Balaban J connectivity index is 3.81. The van der Waals surface area contributed by atoms with E-state index in [0.29, 0.717) is 6.04 Å². The third-order valence-electron chi connectivity index (χ3n) is 1.73. The molecule has 0 aliphatic carbocycles. The normalized spacial score (nSPS) is 15.3. The van der Waals surface area contributed by atoms with Gasteiger partial charge in [-0.05, 0) is 12.5 Å². The smallest absolute Gasteiger partial charge is 0.0620 e. The van der Waals surface area contributed by atoms with E-state index in [1.165, 1.54) is 0 Å². The fraction of sp³-hybridized carbons (Fsp3) is 1.00. The summed E-state index contributed by atoms with van der Waals surface area (Å²) in [5.41, 5.74) is 0.282. The zero-order valence-corrected chi connectivity index (χ0v) is 7.69. The Morgan fingerprint density at radius 1 is 1.40 bits per heavy atom. The topological polar surface area (TPSA) is 21.3 Å². The lowest BCUT2D eigenvalue weighted by molar-refractivity contribution is 0.119. The van der Waals surface area contributed by atoms with Gasteiger partial charge in [0, 0.05) is 13.2 Å². The zero-order valence-electron chi connectivity index (χ0n) is 7.69. The molecule has 0 aliphatic heterocycles. The summed E-state index contributed by atoms with van der Waals surface area (Å²) in [5, 5.41) is 3.22. The van der Waals surface area contributed by atoms with Crippen molar-refractivity contribution in [3.63, 3.8) is 0 Å². The first-order valence-corrected chi connectivity index (χ1v) is 3.68. The summed E-state index contributed by atoms with van der Waals surface area (Å²) < 4.78 is 5.06.